The number of anilines is 3. The van der Waals surface area contributed by atoms with E-state index in [9.17, 15) is 19.7 Å². The first-order valence-electron chi connectivity index (χ1n) is 10.00. The molecule has 10 heteroatoms. The molecule has 2 N–H and O–H groups in total. The molecule has 2 aromatic carbocycles. The number of halogens is 1. The number of nitrogens with zero attached hydrogens (tertiary/aromatic N) is 3. The fourth-order valence-electron chi connectivity index (χ4n) is 3.83. The molecule has 1 fully saturated rings. The lowest BCUT2D eigenvalue weighted by Crippen LogP contribution is -2.50. The van der Waals surface area contributed by atoms with Gasteiger partial charge in [-0.25, -0.2) is 4.79 Å². The molecule has 1 saturated heterocycles. The molecular formula is C21H22ClN5O4. The van der Waals surface area contributed by atoms with Crippen LogP contribution in [-0.2, 0) is 11.2 Å². The number of nitrogens with one attached hydrogen (secondary N) is 2. The van der Waals surface area contributed by atoms with Gasteiger partial charge in [-0.2, -0.15) is 0 Å². The normalized spacial score (nSPS) is 15.9. The molecule has 0 spiro atoms. The quantitative estimate of drug-likeness (QED) is 0.554. The average Bonchev–Trinajstić information content (AvgIpc) is 2.75. The van der Waals surface area contributed by atoms with Crippen LogP contribution in [0.4, 0.5) is 27.5 Å². The fourth-order valence-corrected chi connectivity index (χ4v) is 4.01. The molecule has 2 heterocycles. The van der Waals surface area contributed by atoms with E-state index in [4.69, 9.17) is 11.6 Å². The van der Waals surface area contributed by atoms with Crippen LogP contribution in [0.25, 0.3) is 0 Å². The van der Waals surface area contributed by atoms with Gasteiger partial charge in [0.1, 0.15) is 5.69 Å². The summed E-state index contributed by atoms with van der Waals surface area (Å²) in [5, 5.41) is 17.9. The number of carbonyl (C=O) groups is 2. The topological polar surface area (TPSA) is 108 Å². The number of hydrogen-bond donors (Lipinski definition) is 2. The molecule has 0 aromatic heterocycles. The molecule has 0 atom stereocenters. The number of urea groups is 1. The maximum Gasteiger partial charge on any atom is 0.321 e. The van der Waals surface area contributed by atoms with E-state index in [1.54, 1.807) is 29.2 Å². The number of benzene rings is 2. The van der Waals surface area contributed by atoms with Crippen molar-refractivity contribution >= 4 is 46.3 Å². The Hall–Kier alpha value is -3.33. The summed E-state index contributed by atoms with van der Waals surface area (Å²) < 4.78 is 0. The van der Waals surface area contributed by atoms with Crippen molar-refractivity contribution in [3.8, 4) is 0 Å². The first kappa shape index (κ1) is 20.9. The number of piperazine rings is 1. The van der Waals surface area contributed by atoms with E-state index in [-0.39, 0.29) is 17.6 Å². The molecule has 2 aromatic rings. The Morgan fingerprint density at radius 3 is 2.58 bits per heavy atom. The van der Waals surface area contributed by atoms with Crippen molar-refractivity contribution in [3.63, 3.8) is 0 Å². The van der Waals surface area contributed by atoms with Gasteiger partial charge >= 0.3 is 6.03 Å². The van der Waals surface area contributed by atoms with Crippen LogP contribution in [0.2, 0.25) is 5.02 Å². The van der Waals surface area contributed by atoms with E-state index in [2.05, 4.69) is 10.6 Å². The van der Waals surface area contributed by atoms with E-state index in [1.807, 2.05) is 17.9 Å². The predicted octanol–water partition coefficient (Wildman–Crippen LogP) is 3.80. The monoisotopic (exact) mass is 443 g/mol. The Morgan fingerprint density at radius 2 is 1.90 bits per heavy atom. The molecule has 0 radical (unpaired) electrons. The van der Waals surface area contributed by atoms with Crippen molar-refractivity contribution in [3.05, 3.63) is 56.6 Å². The number of hydrogen-bond acceptors (Lipinski definition) is 5. The van der Waals surface area contributed by atoms with E-state index in [1.165, 1.54) is 0 Å². The second-order valence-electron chi connectivity index (χ2n) is 7.67. The molecule has 31 heavy (non-hydrogen) atoms. The molecule has 0 aliphatic carbocycles. The van der Waals surface area contributed by atoms with Gasteiger partial charge in [-0.3, -0.25) is 14.9 Å². The zero-order valence-corrected chi connectivity index (χ0v) is 17.7. The molecule has 4 rings (SSSR count). The van der Waals surface area contributed by atoms with Crippen LogP contribution in [-0.4, -0.2) is 47.9 Å². The van der Waals surface area contributed by atoms with Crippen molar-refractivity contribution in [1.29, 1.82) is 0 Å². The van der Waals surface area contributed by atoms with Gasteiger partial charge in [-0.05, 0) is 42.7 Å². The minimum atomic E-state index is -0.397. The average molecular weight is 444 g/mol. The van der Waals surface area contributed by atoms with Gasteiger partial charge in [0.2, 0.25) is 5.91 Å². The minimum absolute atomic E-state index is 0.0158. The number of rotatable bonds is 3. The summed E-state index contributed by atoms with van der Waals surface area (Å²) in [6.45, 7) is 3.59. The Balaban J connectivity index is 1.46. The Bertz CT molecular complexity index is 1070. The Labute approximate surface area is 184 Å². The summed E-state index contributed by atoms with van der Waals surface area (Å²) in [7, 11) is 0. The predicted molar refractivity (Wildman–Crippen MR) is 119 cm³/mol. The smallest absolute Gasteiger partial charge is 0.321 e. The van der Waals surface area contributed by atoms with E-state index in [0.717, 1.165) is 11.1 Å². The molecule has 9 nitrogen and oxygen atoms in total. The van der Waals surface area contributed by atoms with Gasteiger partial charge < -0.3 is 20.4 Å². The lowest BCUT2D eigenvalue weighted by Gasteiger charge is -2.36. The van der Waals surface area contributed by atoms with Crippen molar-refractivity contribution in [2.24, 2.45) is 0 Å². The minimum Gasteiger partial charge on any atom is -0.362 e. The van der Waals surface area contributed by atoms with Gasteiger partial charge in [-0.15, -0.1) is 0 Å². The van der Waals surface area contributed by atoms with Gasteiger partial charge in [0.05, 0.1) is 4.92 Å². The zero-order valence-electron chi connectivity index (χ0n) is 17.0. The molecule has 3 amide bonds. The third-order valence-corrected chi connectivity index (χ3v) is 6.03. The summed E-state index contributed by atoms with van der Waals surface area (Å²) in [6.07, 6.45) is 0.808. The van der Waals surface area contributed by atoms with Gasteiger partial charge in [0.15, 0.2) is 0 Å². The lowest BCUT2D eigenvalue weighted by molar-refractivity contribution is -0.384. The largest absolute Gasteiger partial charge is 0.362 e. The molecule has 2 aliphatic heterocycles. The summed E-state index contributed by atoms with van der Waals surface area (Å²) in [5.74, 6) is -0.0926. The van der Waals surface area contributed by atoms with Crippen LogP contribution in [0.5, 0.6) is 0 Å². The van der Waals surface area contributed by atoms with E-state index in [0.29, 0.717) is 61.1 Å². The fraction of sp³-hybridized carbons (Fsp3) is 0.333. The molecule has 2 aliphatic rings. The Kier molecular flexibility index (Phi) is 5.69. The molecule has 0 unspecified atom stereocenters. The van der Waals surface area contributed by atoms with Crippen LogP contribution in [0, 0.1) is 17.0 Å². The van der Waals surface area contributed by atoms with Crippen molar-refractivity contribution in [1.82, 2.24) is 4.90 Å². The lowest BCUT2D eigenvalue weighted by atomic mass is 10.0. The van der Waals surface area contributed by atoms with Crippen LogP contribution in [0.1, 0.15) is 17.5 Å². The van der Waals surface area contributed by atoms with Crippen LogP contribution in [0.15, 0.2) is 30.3 Å². The molecule has 162 valence electrons. The van der Waals surface area contributed by atoms with Crippen LogP contribution >= 0.6 is 11.6 Å². The first-order valence-corrected chi connectivity index (χ1v) is 10.4. The van der Waals surface area contributed by atoms with Crippen LogP contribution < -0.4 is 15.5 Å². The van der Waals surface area contributed by atoms with Gasteiger partial charge in [0, 0.05) is 55.1 Å². The highest BCUT2D eigenvalue weighted by Crippen LogP contribution is 2.36. The second kappa shape index (κ2) is 8.43. The number of nitro groups is 1. The highest BCUT2D eigenvalue weighted by atomic mass is 35.5. The maximum absolute atomic E-state index is 12.6. The first-order chi connectivity index (χ1) is 14.8. The van der Waals surface area contributed by atoms with E-state index >= 15 is 0 Å². The number of fused-ring (bicyclic) bond motifs is 1. The maximum atomic E-state index is 12.6. The number of carbonyl (C=O) groups excluding carboxylic acids is 2. The standard InChI is InChI=1S/C21H22ClN5O4/c1-13-2-4-15(11-16(13)22)23-21(29)26-8-6-25(7-9-26)18-12-17-14(3-5-20(28)24-17)10-19(18)27(30)31/h2,4,10-12H,3,5-9H2,1H3,(H,23,29)(H,24,28). The summed E-state index contributed by atoms with van der Waals surface area (Å²) in [4.78, 5) is 39.1. The highest BCUT2D eigenvalue weighted by Gasteiger charge is 2.29. The highest BCUT2D eigenvalue weighted by molar-refractivity contribution is 6.31. The Morgan fingerprint density at radius 1 is 1.16 bits per heavy atom. The van der Waals surface area contributed by atoms with Crippen molar-refractivity contribution in [2.45, 2.75) is 19.8 Å². The van der Waals surface area contributed by atoms with Gasteiger partial charge in [-0.1, -0.05) is 17.7 Å². The number of aryl methyl sites for hydroxylation is 2. The SMILES string of the molecule is Cc1ccc(NC(=O)N2CCN(c3cc4c(cc3[N+](=O)[O-])CCC(=O)N4)CC2)cc1Cl. The summed E-state index contributed by atoms with van der Waals surface area (Å²) in [5.41, 5.74) is 3.40. The summed E-state index contributed by atoms with van der Waals surface area (Å²) >= 11 is 6.12. The molecular weight excluding hydrogens is 422 g/mol. The summed E-state index contributed by atoms with van der Waals surface area (Å²) in [6, 6.07) is 8.31. The van der Waals surface area contributed by atoms with E-state index < -0.39 is 4.92 Å². The second-order valence-corrected chi connectivity index (χ2v) is 8.08. The molecule has 0 saturated carbocycles. The third kappa shape index (κ3) is 4.41. The van der Waals surface area contributed by atoms with Crippen LogP contribution in [0.3, 0.4) is 0 Å². The van der Waals surface area contributed by atoms with Crippen molar-refractivity contribution in [2.75, 3.05) is 41.7 Å². The molecule has 0 bridgehead atoms. The number of nitro benzene ring substituents is 1. The van der Waals surface area contributed by atoms with Gasteiger partial charge in [0.25, 0.3) is 5.69 Å². The van der Waals surface area contributed by atoms with Crippen molar-refractivity contribution < 1.29 is 14.5 Å². The number of amides is 3. The zero-order chi connectivity index (χ0) is 22.1. The third-order valence-electron chi connectivity index (χ3n) is 5.62.